The van der Waals surface area contributed by atoms with E-state index in [0.717, 1.165) is 12.1 Å². The Kier molecular flexibility index (Phi) is 3.13. The van der Waals surface area contributed by atoms with E-state index in [4.69, 9.17) is 5.73 Å². The molecule has 6 nitrogen and oxygen atoms in total. The lowest BCUT2D eigenvalue weighted by molar-refractivity contribution is 0.0944. The topological polar surface area (TPSA) is 91.5 Å². The van der Waals surface area contributed by atoms with Crippen molar-refractivity contribution in [3.8, 4) is 0 Å². The molecule has 0 atom stereocenters. The number of amides is 1. The highest BCUT2D eigenvalue weighted by Gasteiger charge is 2.11. The summed E-state index contributed by atoms with van der Waals surface area (Å²) in [6, 6.07) is 5.33. The van der Waals surface area contributed by atoms with Gasteiger partial charge in [-0.3, -0.25) is 20.6 Å². The number of rotatable bonds is 1. The second-order valence-electron chi connectivity index (χ2n) is 3.83. The van der Waals surface area contributed by atoms with Gasteiger partial charge in [-0.1, -0.05) is 11.6 Å². The summed E-state index contributed by atoms with van der Waals surface area (Å²) < 4.78 is 0. The molecule has 1 amide bonds. The first-order valence-corrected chi connectivity index (χ1v) is 5.37. The molecule has 0 aliphatic carbocycles. The van der Waals surface area contributed by atoms with Crippen molar-refractivity contribution in [1.82, 2.24) is 16.2 Å². The first-order valence-electron chi connectivity index (χ1n) is 5.37. The van der Waals surface area contributed by atoms with Crippen LogP contribution in [-0.2, 0) is 0 Å². The van der Waals surface area contributed by atoms with Crippen molar-refractivity contribution in [1.29, 1.82) is 0 Å². The number of benzene rings is 1. The van der Waals surface area contributed by atoms with Crippen molar-refractivity contribution in [2.24, 2.45) is 4.99 Å². The number of guanidine groups is 1. The number of hydrogen-bond acceptors (Lipinski definition) is 5. The maximum absolute atomic E-state index is 11.8. The zero-order chi connectivity index (χ0) is 12.3. The minimum atomic E-state index is -0.275. The molecule has 1 aliphatic rings. The van der Waals surface area contributed by atoms with Gasteiger partial charge in [-0.25, -0.2) is 0 Å². The van der Waals surface area contributed by atoms with E-state index in [1.165, 1.54) is 0 Å². The third kappa shape index (κ3) is 2.66. The number of nitrogen functional groups attached to an aromatic ring is 1. The number of anilines is 1. The summed E-state index contributed by atoms with van der Waals surface area (Å²) in [5.74, 6) is 0.298. The van der Waals surface area contributed by atoms with Gasteiger partial charge in [0.1, 0.15) is 0 Å². The van der Waals surface area contributed by atoms with Gasteiger partial charge in [-0.05, 0) is 19.1 Å². The molecule has 0 unspecified atom stereocenters. The minimum absolute atomic E-state index is 0.275. The van der Waals surface area contributed by atoms with Crippen molar-refractivity contribution in [2.75, 3.05) is 18.8 Å². The Morgan fingerprint density at radius 2 is 2.35 bits per heavy atom. The molecule has 0 saturated heterocycles. The van der Waals surface area contributed by atoms with Crippen molar-refractivity contribution in [2.45, 2.75) is 6.92 Å². The van der Waals surface area contributed by atoms with Gasteiger partial charge < -0.3 is 11.1 Å². The molecule has 1 heterocycles. The molecule has 1 aliphatic heterocycles. The second kappa shape index (κ2) is 4.73. The van der Waals surface area contributed by atoms with E-state index in [1.54, 1.807) is 12.1 Å². The molecule has 90 valence electrons. The first kappa shape index (κ1) is 11.3. The highest BCUT2D eigenvalue weighted by Crippen LogP contribution is 2.12. The van der Waals surface area contributed by atoms with Crippen LogP contribution >= 0.6 is 0 Å². The van der Waals surface area contributed by atoms with Crippen LogP contribution in [0.4, 0.5) is 5.69 Å². The molecule has 6 heteroatoms. The van der Waals surface area contributed by atoms with Gasteiger partial charge in [0.15, 0.2) is 0 Å². The Balaban J connectivity index is 2.01. The standard InChI is InChI=1S/C11H15N5O/c1-7-2-3-9(12)8(6-7)10(17)15-16-11-13-4-5-14-11/h2-3,6H,4-5,12H2,1H3,(H,15,17)(H2,13,14,16). The SMILES string of the molecule is Cc1ccc(N)c(C(=O)NNC2=NCCN2)c1. The Hall–Kier alpha value is -2.24. The number of nitrogens with zero attached hydrogens (tertiary/aromatic N) is 1. The number of hydrogen-bond donors (Lipinski definition) is 4. The van der Waals surface area contributed by atoms with Gasteiger partial charge in [-0.15, -0.1) is 0 Å². The van der Waals surface area contributed by atoms with Gasteiger partial charge in [-0.2, -0.15) is 0 Å². The minimum Gasteiger partial charge on any atom is -0.398 e. The fraction of sp³-hybridized carbons (Fsp3) is 0.273. The molecule has 17 heavy (non-hydrogen) atoms. The molecular weight excluding hydrogens is 218 g/mol. The molecule has 5 N–H and O–H groups in total. The summed E-state index contributed by atoms with van der Waals surface area (Å²) in [6.07, 6.45) is 0. The molecule has 0 bridgehead atoms. The highest BCUT2D eigenvalue weighted by atomic mass is 16.2. The van der Waals surface area contributed by atoms with Gasteiger partial charge in [0, 0.05) is 12.2 Å². The maximum Gasteiger partial charge on any atom is 0.271 e. The second-order valence-corrected chi connectivity index (χ2v) is 3.83. The average Bonchev–Trinajstić information content (AvgIpc) is 2.82. The van der Waals surface area contributed by atoms with Gasteiger partial charge in [0.2, 0.25) is 5.96 Å². The monoisotopic (exact) mass is 233 g/mol. The van der Waals surface area contributed by atoms with Crippen LogP contribution in [0.15, 0.2) is 23.2 Å². The smallest absolute Gasteiger partial charge is 0.271 e. The fourth-order valence-electron chi connectivity index (χ4n) is 1.53. The van der Waals surface area contributed by atoms with Crippen LogP contribution in [0.5, 0.6) is 0 Å². The Morgan fingerprint density at radius 3 is 3.06 bits per heavy atom. The van der Waals surface area contributed by atoms with Gasteiger partial charge in [0.25, 0.3) is 5.91 Å². The summed E-state index contributed by atoms with van der Waals surface area (Å²) in [7, 11) is 0. The number of hydrazine groups is 1. The summed E-state index contributed by atoms with van der Waals surface area (Å²) in [5, 5.41) is 2.98. The Bertz CT molecular complexity index is 469. The van der Waals surface area contributed by atoms with Crippen LogP contribution in [0.1, 0.15) is 15.9 Å². The van der Waals surface area contributed by atoms with E-state index in [2.05, 4.69) is 21.2 Å². The van der Waals surface area contributed by atoms with E-state index in [9.17, 15) is 4.79 Å². The third-order valence-electron chi connectivity index (χ3n) is 2.42. The number of nitrogens with one attached hydrogen (secondary N) is 3. The van der Waals surface area contributed by atoms with Gasteiger partial charge in [0.05, 0.1) is 12.1 Å². The number of aliphatic imine (C=N–C) groups is 1. The van der Waals surface area contributed by atoms with Crippen molar-refractivity contribution in [3.05, 3.63) is 29.3 Å². The predicted molar refractivity (Wildman–Crippen MR) is 66.5 cm³/mol. The molecule has 0 aromatic heterocycles. The van der Waals surface area contributed by atoms with Crippen LogP contribution in [-0.4, -0.2) is 25.0 Å². The normalized spacial score (nSPS) is 13.8. The van der Waals surface area contributed by atoms with E-state index in [0.29, 0.717) is 23.8 Å². The van der Waals surface area contributed by atoms with Crippen LogP contribution in [0.25, 0.3) is 0 Å². The molecule has 0 radical (unpaired) electrons. The molecule has 1 aromatic rings. The molecule has 1 aromatic carbocycles. The first-order chi connectivity index (χ1) is 8.16. The lowest BCUT2D eigenvalue weighted by atomic mass is 10.1. The molecule has 0 saturated carbocycles. The zero-order valence-electron chi connectivity index (χ0n) is 9.58. The largest absolute Gasteiger partial charge is 0.398 e. The van der Waals surface area contributed by atoms with E-state index in [-0.39, 0.29) is 5.91 Å². The maximum atomic E-state index is 11.8. The Morgan fingerprint density at radius 1 is 1.53 bits per heavy atom. The number of carbonyl (C=O) groups excluding carboxylic acids is 1. The lowest BCUT2D eigenvalue weighted by Crippen LogP contribution is -2.46. The summed E-state index contributed by atoms with van der Waals surface area (Å²) >= 11 is 0. The quantitative estimate of drug-likeness (QED) is 0.398. The third-order valence-corrected chi connectivity index (χ3v) is 2.42. The summed E-state index contributed by atoms with van der Waals surface area (Å²) in [5.41, 5.74) is 12.9. The summed E-state index contributed by atoms with van der Waals surface area (Å²) in [6.45, 7) is 3.40. The zero-order valence-corrected chi connectivity index (χ0v) is 9.58. The highest BCUT2D eigenvalue weighted by molar-refractivity contribution is 6.00. The van der Waals surface area contributed by atoms with Crippen LogP contribution in [0, 0.1) is 6.92 Å². The Labute approximate surface area is 99.3 Å². The number of nitrogens with two attached hydrogens (primary N) is 1. The predicted octanol–water partition coefficient (Wildman–Crippen LogP) is -0.229. The average molecular weight is 233 g/mol. The lowest BCUT2D eigenvalue weighted by Gasteiger charge is -2.10. The fourth-order valence-corrected chi connectivity index (χ4v) is 1.53. The van der Waals surface area contributed by atoms with Crippen LogP contribution in [0.2, 0.25) is 0 Å². The van der Waals surface area contributed by atoms with Crippen molar-refractivity contribution in [3.63, 3.8) is 0 Å². The van der Waals surface area contributed by atoms with Gasteiger partial charge >= 0.3 is 0 Å². The number of carbonyl (C=O) groups is 1. The van der Waals surface area contributed by atoms with E-state index in [1.807, 2.05) is 13.0 Å². The molecule has 0 fully saturated rings. The molecule has 0 spiro atoms. The van der Waals surface area contributed by atoms with Crippen LogP contribution in [0.3, 0.4) is 0 Å². The number of aryl methyl sites for hydroxylation is 1. The van der Waals surface area contributed by atoms with E-state index < -0.39 is 0 Å². The van der Waals surface area contributed by atoms with Crippen molar-refractivity contribution < 1.29 is 4.79 Å². The van der Waals surface area contributed by atoms with Crippen molar-refractivity contribution >= 4 is 17.6 Å². The van der Waals surface area contributed by atoms with Crippen LogP contribution < -0.4 is 21.9 Å². The van der Waals surface area contributed by atoms with E-state index >= 15 is 0 Å². The molecule has 2 rings (SSSR count). The molecular formula is C11H15N5O. The summed E-state index contributed by atoms with van der Waals surface area (Å²) in [4.78, 5) is 15.9.